The molecule has 2 nitrogen and oxygen atoms in total. The summed E-state index contributed by atoms with van der Waals surface area (Å²) >= 11 is 0. The third kappa shape index (κ3) is 1.50. The Balaban J connectivity index is 1.72. The van der Waals surface area contributed by atoms with Gasteiger partial charge in [-0.05, 0) is 11.1 Å². The molecule has 4 rings (SSSR count). The second kappa shape index (κ2) is 3.94. The lowest BCUT2D eigenvalue weighted by Crippen LogP contribution is -2.54. The van der Waals surface area contributed by atoms with E-state index in [0.717, 1.165) is 0 Å². The van der Waals surface area contributed by atoms with Gasteiger partial charge in [-0.2, -0.15) is 0 Å². The predicted molar refractivity (Wildman–Crippen MR) is 72.1 cm³/mol. The second-order valence-corrected chi connectivity index (χ2v) is 5.00. The number of morpholine rings is 1. The molecule has 1 aromatic rings. The number of nitrogens with one attached hydrogen (secondary N) is 1. The van der Waals surface area contributed by atoms with Crippen molar-refractivity contribution in [1.29, 1.82) is 0 Å². The van der Waals surface area contributed by atoms with Crippen molar-refractivity contribution in [2.75, 3.05) is 0 Å². The number of benzene rings is 1. The highest BCUT2D eigenvalue weighted by molar-refractivity contribution is 5.59. The molecule has 3 aliphatic rings. The quantitative estimate of drug-likeness (QED) is 0.749. The first kappa shape index (κ1) is 10.3. The first-order valence-corrected chi connectivity index (χ1v) is 6.45. The molecule has 4 unspecified atom stereocenters. The van der Waals surface area contributed by atoms with E-state index in [-0.39, 0.29) is 18.2 Å². The van der Waals surface area contributed by atoms with Gasteiger partial charge >= 0.3 is 0 Å². The number of hydrogen-bond acceptors (Lipinski definition) is 2. The van der Waals surface area contributed by atoms with Gasteiger partial charge in [-0.15, -0.1) is 0 Å². The summed E-state index contributed by atoms with van der Waals surface area (Å²) in [4.78, 5) is 0. The molecule has 1 heterocycles. The third-order valence-electron chi connectivity index (χ3n) is 3.88. The first-order chi connectivity index (χ1) is 8.92. The highest BCUT2D eigenvalue weighted by Gasteiger charge is 2.37. The van der Waals surface area contributed by atoms with Crippen molar-refractivity contribution in [2.24, 2.45) is 0 Å². The van der Waals surface area contributed by atoms with E-state index in [9.17, 15) is 0 Å². The summed E-state index contributed by atoms with van der Waals surface area (Å²) < 4.78 is 6.27. The molecule has 0 aromatic heterocycles. The second-order valence-electron chi connectivity index (χ2n) is 5.00. The van der Waals surface area contributed by atoms with Crippen LogP contribution in [0.4, 0.5) is 0 Å². The normalized spacial score (nSPS) is 35.8. The van der Waals surface area contributed by atoms with Gasteiger partial charge < -0.3 is 4.74 Å². The van der Waals surface area contributed by atoms with E-state index >= 15 is 0 Å². The lowest BCUT2D eigenvalue weighted by atomic mass is 9.88. The van der Waals surface area contributed by atoms with Crippen molar-refractivity contribution in [3.8, 4) is 0 Å². The molecule has 1 aliphatic heterocycles. The minimum atomic E-state index is 0.128. The topological polar surface area (TPSA) is 21.3 Å². The van der Waals surface area contributed by atoms with Crippen molar-refractivity contribution in [3.05, 3.63) is 65.8 Å². The Hall–Kier alpha value is -1.64. The highest BCUT2D eigenvalue weighted by Crippen LogP contribution is 2.36. The predicted octanol–water partition coefficient (Wildman–Crippen LogP) is 2.61. The molecule has 1 aromatic carbocycles. The summed E-state index contributed by atoms with van der Waals surface area (Å²) in [6.07, 6.45) is 13.1. The Bertz CT molecular complexity index is 558. The van der Waals surface area contributed by atoms with E-state index in [0.29, 0.717) is 6.04 Å². The number of rotatable bonds is 0. The zero-order valence-corrected chi connectivity index (χ0v) is 9.99. The first-order valence-electron chi connectivity index (χ1n) is 6.45. The van der Waals surface area contributed by atoms with Gasteiger partial charge in [0, 0.05) is 0 Å². The number of hydrogen-bond donors (Lipinski definition) is 1. The maximum Gasteiger partial charge on any atom is 0.103 e. The van der Waals surface area contributed by atoms with Crippen LogP contribution < -0.4 is 5.32 Å². The lowest BCUT2D eigenvalue weighted by molar-refractivity contribution is -0.0488. The van der Waals surface area contributed by atoms with Crippen molar-refractivity contribution < 1.29 is 4.74 Å². The Morgan fingerprint density at radius 1 is 0.944 bits per heavy atom. The molecular formula is C16H15NO. The molecule has 90 valence electrons. The van der Waals surface area contributed by atoms with Crippen LogP contribution in [0.15, 0.2) is 54.6 Å². The molecule has 0 radical (unpaired) electrons. The summed E-state index contributed by atoms with van der Waals surface area (Å²) in [6, 6.07) is 9.05. The molecule has 0 saturated carbocycles. The fourth-order valence-electron chi connectivity index (χ4n) is 2.98. The van der Waals surface area contributed by atoms with Crippen LogP contribution in [0.25, 0.3) is 6.08 Å². The van der Waals surface area contributed by atoms with Crippen LogP contribution in [0.3, 0.4) is 0 Å². The largest absolute Gasteiger partial charge is 0.362 e. The van der Waals surface area contributed by atoms with Crippen LogP contribution in [-0.4, -0.2) is 18.2 Å². The summed E-state index contributed by atoms with van der Waals surface area (Å²) in [5.74, 6) is 0. The standard InChI is InChI=1S/C16H15NO/c1-2-6-12-11(5-1)9-10-14-16(12)18-15-8-4-3-7-13(15)17-14/h1-10,13-17H. The fraction of sp³-hybridized carbons (Fsp3) is 0.250. The van der Waals surface area contributed by atoms with E-state index in [4.69, 9.17) is 4.74 Å². The Labute approximate surface area is 107 Å². The highest BCUT2D eigenvalue weighted by atomic mass is 16.5. The minimum Gasteiger partial charge on any atom is -0.362 e. The van der Waals surface area contributed by atoms with Crippen molar-refractivity contribution in [1.82, 2.24) is 5.32 Å². The molecule has 1 fully saturated rings. The third-order valence-corrected chi connectivity index (χ3v) is 3.88. The molecule has 1 N–H and O–H groups in total. The van der Waals surface area contributed by atoms with Crippen molar-refractivity contribution in [3.63, 3.8) is 0 Å². The van der Waals surface area contributed by atoms with Gasteiger partial charge in [0.05, 0.1) is 18.2 Å². The summed E-state index contributed by atoms with van der Waals surface area (Å²) in [6.45, 7) is 0. The Morgan fingerprint density at radius 2 is 1.83 bits per heavy atom. The van der Waals surface area contributed by atoms with E-state index in [2.05, 4.69) is 66.0 Å². The van der Waals surface area contributed by atoms with Crippen molar-refractivity contribution in [2.45, 2.75) is 24.3 Å². The summed E-state index contributed by atoms with van der Waals surface area (Å²) in [7, 11) is 0. The van der Waals surface area contributed by atoms with Gasteiger partial charge in [0.1, 0.15) is 6.10 Å². The Kier molecular flexibility index (Phi) is 2.25. The number of allylic oxidation sites excluding steroid dienone is 2. The molecule has 2 aliphatic carbocycles. The smallest absolute Gasteiger partial charge is 0.103 e. The monoisotopic (exact) mass is 237 g/mol. The van der Waals surface area contributed by atoms with Crippen LogP contribution in [-0.2, 0) is 4.74 Å². The van der Waals surface area contributed by atoms with E-state index in [1.54, 1.807) is 0 Å². The van der Waals surface area contributed by atoms with Crippen LogP contribution in [0, 0.1) is 0 Å². The molecule has 0 bridgehead atoms. The zero-order chi connectivity index (χ0) is 11.9. The average Bonchev–Trinajstić information content (AvgIpc) is 2.45. The van der Waals surface area contributed by atoms with Gasteiger partial charge in [0.15, 0.2) is 0 Å². The van der Waals surface area contributed by atoms with E-state index in [1.807, 2.05) is 0 Å². The van der Waals surface area contributed by atoms with E-state index < -0.39 is 0 Å². The van der Waals surface area contributed by atoms with Gasteiger partial charge in [0.25, 0.3) is 0 Å². The molecule has 0 spiro atoms. The van der Waals surface area contributed by atoms with Crippen LogP contribution >= 0.6 is 0 Å². The molecular weight excluding hydrogens is 222 g/mol. The van der Waals surface area contributed by atoms with E-state index in [1.165, 1.54) is 11.1 Å². The zero-order valence-electron chi connectivity index (χ0n) is 9.99. The fourth-order valence-corrected chi connectivity index (χ4v) is 2.98. The average molecular weight is 237 g/mol. The van der Waals surface area contributed by atoms with Gasteiger partial charge in [-0.3, -0.25) is 5.32 Å². The maximum absolute atomic E-state index is 6.27. The van der Waals surface area contributed by atoms with Crippen LogP contribution in [0.2, 0.25) is 0 Å². The van der Waals surface area contributed by atoms with Crippen LogP contribution in [0.5, 0.6) is 0 Å². The lowest BCUT2D eigenvalue weighted by Gasteiger charge is -2.42. The summed E-state index contributed by atoms with van der Waals surface area (Å²) in [5.41, 5.74) is 2.56. The van der Waals surface area contributed by atoms with Crippen LogP contribution in [0.1, 0.15) is 17.2 Å². The molecule has 2 heteroatoms. The maximum atomic E-state index is 6.27. The van der Waals surface area contributed by atoms with Gasteiger partial charge in [0.2, 0.25) is 0 Å². The van der Waals surface area contributed by atoms with Gasteiger partial charge in [-0.1, -0.05) is 60.7 Å². The van der Waals surface area contributed by atoms with Gasteiger partial charge in [-0.25, -0.2) is 0 Å². The minimum absolute atomic E-state index is 0.128. The SMILES string of the molecule is C1=CC2NC3C=Cc4ccccc4C3OC2C=C1. The number of fused-ring (bicyclic) bond motifs is 4. The number of ether oxygens (including phenoxy) is 1. The molecule has 4 atom stereocenters. The summed E-state index contributed by atoms with van der Waals surface area (Å²) in [5, 5.41) is 3.65. The Morgan fingerprint density at radius 3 is 2.83 bits per heavy atom. The molecule has 1 saturated heterocycles. The molecule has 18 heavy (non-hydrogen) atoms. The van der Waals surface area contributed by atoms with Crippen molar-refractivity contribution >= 4 is 6.08 Å². The molecule has 0 amide bonds.